The van der Waals surface area contributed by atoms with E-state index in [-0.39, 0.29) is 24.0 Å². The van der Waals surface area contributed by atoms with Gasteiger partial charge in [0, 0.05) is 43.6 Å². The average Bonchev–Trinajstić information content (AvgIpc) is 3.41. The maximum Gasteiger partial charge on any atom is 0.341 e. The standard InChI is InChI=1S/C20H24N6O4S2/c1-12(27)25-5-2-14(3-6-25)22-18-17-16(4-7-32(17)29)23-20(24-18)26-9-15(10-26)30-19(28)13-8-21-31-11-13/h8,11,14-15H,2-7,9-10H2,1H3,(H,22,23,24). The van der Waals surface area contributed by atoms with Gasteiger partial charge in [-0.15, -0.1) is 0 Å². The number of fused-ring (bicyclic) bond motifs is 1. The summed E-state index contributed by atoms with van der Waals surface area (Å²) in [5, 5.41) is 5.14. The quantitative estimate of drug-likeness (QED) is 0.632. The summed E-state index contributed by atoms with van der Waals surface area (Å²) >= 11 is 1.21. The van der Waals surface area contributed by atoms with Crippen molar-refractivity contribution in [2.45, 2.75) is 43.2 Å². The molecule has 3 aliphatic rings. The highest BCUT2D eigenvalue weighted by Gasteiger charge is 2.35. The number of hydrogen-bond donors (Lipinski definition) is 1. The summed E-state index contributed by atoms with van der Waals surface area (Å²) in [5.74, 6) is 1.48. The Hall–Kier alpha value is -2.60. The number of hydrogen-bond acceptors (Lipinski definition) is 10. The molecular weight excluding hydrogens is 452 g/mol. The Labute approximate surface area is 192 Å². The number of carbonyl (C=O) groups is 2. The monoisotopic (exact) mass is 476 g/mol. The molecule has 5 heterocycles. The lowest BCUT2D eigenvalue weighted by Crippen LogP contribution is -2.53. The van der Waals surface area contributed by atoms with Crippen LogP contribution in [0.5, 0.6) is 0 Å². The van der Waals surface area contributed by atoms with Crippen molar-refractivity contribution in [3.05, 3.63) is 22.8 Å². The van der Waals surface area contributed by atoms with Crippen molar-refractivity contribution in [3.8, 4) is 0 Å². The van der Waals surface area contributed by atoms with Gasteiger partial charge in [0.2, 0.25) is 11.9 Å². The molecule has 0 radical (unpaired) electrons. The maximum atomic E-state index is 12.6. The third kappa shape index (κ3) is 4.20. The third-order valence-corrected chi connectivity index (χ3v) is 8.08. The van der Waals surface area contributed by atoms with E-state index in [0.717, 1.165) is 18.5 Å². The molecule has 0 bridgehead atoms. The van der Waals surface area contributed by atoms with Crippen molar-refractivity contribution < 1.29 is 18.5 Å². The fourth-order valence-corrected chi connectivity index (χ4v) is 5.98. The van der Waals surface area contributed by atoms with Gasteiger partial charge in [0.25, 0.3) is 0 Å². The minimum Gasteiger partial charge on any atom is -0.455 e. The smallest absolute Gasteiger partial charge is 0.341 e. The van der Waals surface area contributed by atoms with Crippen LogP contribution >= 0.6 is 11.5 Å². The second kappa shape index (κ2) is 8.74. The zero-order valence-corrected chi connectivity index (χ0v) is 19.3. The number of ether oxygens (including phenoxy) is 1. The van der Waals surface area contributed by atoms with E-state index in [1.807, 2.05) is 9.80 Å². The number of aryl methyl sites for hydroxylation is 1. The number of nitrogens with one attached hydrogen (secondary N) is 1. The summed E-state index contributed by atoms with van der Waals surface area (Å²) in [4.78, 5) is 37.6. The fourth-order valence-electron chi connectivity index (χ4n) is 4.16. The number of carbonyl (C=O) groups excluding carboxylic acids is 2. The van der Waals surface area contributed by atoms with Crippen LogP contribution in [0, 0.1) is 0 Å². The topological polar surface area (TPSA) is 118 Å². The maximum absolute atomic E-state index is 12.6. The van der Waals surface area contributed by atoms with Gasteiger partial charge in [-0.1, -0.05) is 0 Å². The van der Waals surface area contributed by atoms with Gasteiger partial charge in [-0.05, 0) is 24.4 Å². The van der Waals surface area contributed by atoms with E-state index in [1.54, 1.807) is 12.3 Å². The molecule has 2 saturated heterocycles. The molecule has 2 aromatic rings. The second-order valence-electron chi connectivity index (χ2n) is 8.22. The van der Waals surface area contributed by atoms with Crippen molar-refractivity contribution in [2.24, 2.45) is 0 Å². The minimum absolute atomic E-state index is 0.0954. The Bertz CT molecular complexity index is 1050. The Kier molecular flexibility index (Phi) is 5.80. The molecule has 32 heavy (non-hydrogen) atoms. The number of amides is 1. The summed E-state index contributed by atoms with van der Waals surface area (Å²) in [6.45, 7) is 4.03. The molecular formula is C20H24N6O4S2. The molecule has 0 saturated carbocycles. The molecule has 1 unspecified atom stereocenters. The molecule has 2 aromatic heterocycles. The zero-order valence-electron chi connectivity index (χ0n) is 17.7. The highest BCUT2D eigenvalue weighted by Crippen LogP contribution is 2.32. The van der Waals surface area contributed by atoms with Gasteiger partial charge >= 0.3 is 5.97 Å². The first kappa shape index (κ1) is 21.3. The minimum atomic E-state index is -1.11. The fraction of sp³-hybridized carbons (Fsp3) is 0.550. The number of esters is 1. The van der Waals surface area contributed by atoms with Crippen molar-refractivity contribution in [3.63, 3.8) is 0 Å². The van der Waals surface area contributed by atoms with Crippen LogP contribution in [0.25, 0.3) is 0 Å². The molecule has 0 spiro atoms. The van der Waals surface area contributed by atoms with E-state index in [4.69, 9.17) is 9.72 Å². The predicted molar refractivity (Wildman–Crippen MR) is 119 cm³/mol. The normalized spacial score (nSPS) is 21.2. The van der Waals surface area contributed by atoms with Gasteiger partial charge in [-0.3, -0.25) is 9.00 Å². The molecule has 0 aliphatic carbocycles. The molecule has 12 heteroatoms. The molecule has 2 fully saturated rings. The van der Waals surface area contributed by atoms with Crippen molar-refractivity contribution in [1.82, 2.24) is 19.2 Å². The summed E-state index contributed by atoms with van der Waals surface area (Å²) in [6, 6.07) is 0.166. The van der Waals surface area contributed by atoms with Crippen molar-refractivity contribution in [2.75, 3.05) is 42.1 Å². The van der Waals surface area contributed by atoms with Crippen LogP contribution in [0.2, 0.25) is 0 Å². The van der Waals surface area contributed by atoms with E-state index in [2.05, 4.69) is 14.7 Å². The van der Waals surface area contributed by atoms with Crippen LogP contribution in [0.15, 0.2) is 16.5 Å². The first-order valence-electron chi connectivity index (χ1n) is 10.6. The Balaban J connectivity index is 1.26. The van der Waals surface area contributed by atoms with E-state index in [0.29, 0.717) is 60.6 Å². The lowest BCUT2D eigenvalue weighted by atomic mass is 10.1. The van der Waals surface area contributed by atoms with Crippen LogP contribution in [0.3, 0.4) is 0 Å². The van der Waals surface area contributed by atoms with Crippen LogP contribution in [-0.2, 0) is 26.8 Å². The van der Waals surface area contributed by atoms with E-state index < -0.39 is 10.8 Å². The van der Waals surface area contributed by atoms with Gasteiger partial charge in [0.15, 0.2) is 0 Å². The summed E-state index contributed by atoms with van der Waals surface area (Å²) in [5.41, 5.74) is 1.29. The molecule has 5 rings (SSSR count). The van der Waals surface area contributed by atoms with Crippen LogP contribution in [-0.4, -0.2) is 79.4 Å². The number of piperidine rings is 1. The van der Waals surface area contributed by atoms with Crippen LogP contribution in [0.4, 0.5) is 11.8 Å². The molecule has 1 N–H and O–H groups in total. The summed E-state index contributed by atoms with van der Waals surface area (Å²) in [6.07, 6.45) is 3.58. The SMILES string of the molecule is CC(=O)N1CCC(Nc2nc(N3CC(OC(=O)c4cnsc4)C3)nc3c2S(=O)CC3)CC1. The molecule has 10 nitrogen and oxygen atoms in total. The van der Waals surface area contributed by atoms with Gasteiger partial charge in [0.1, 0.15) is 16.8 Å². The van der Waals surface area contributed by atoms with Crippen molar-refractivity contribution in [1.29, 1.82) is 0 Å². The molecule has 0 aromatic carbocycles. The highest BCUT2D eigenvalue weighted by atomic mass is 32.2. The van der Waals surface area contributed by atoms with E-state index in [1.165, 1.54) is 17.7 Å². The first-order valence-corrected chi connectivity index (χ1v) is 12.8. The van der Waals surface area contributed by atoms with E-state index >= 15 is 0 Å². The highest BCUT2D eigenvalue weighted by molar-refractivity contribution is 7.85. The Morgan fingerprint density at radius 2 is 2.03 bits per heavy atom. The number of aromatic nitrogens is 3. The van der Waals surface area contributed by atoms with E-state index in [9.17, 15) is 13.8 Å². The lowest BCUT2D eigenvalue weighted by molar-refractivity contribution is -0.129. The zero-order chi connectivity index (χ0) is 22.2. The molecule has 3 aliphatic heterocycles. The molecule has 1 atom stereocenters. The second-order valence-corrected chi connectivity index (χ2v) is 10.4. The molecule has 1 amide bonds. The van der Waals surface area contributed by atoms with Gasteiger partial charge in [0.05, 0.1) is 41.3 Å². The van der Waals surface area contributed by atoms with Crippen molar-refractivity contribution >= 4 is 46.0 Å². The number of likely N-dealkylation sites (tertiary alicyclic amines) is 1. The third-order valence-electron chi connectivity index (χ3n) is 6.03. The first-order chi connectivity index (χ1) is 15.5. The van der Waals surface area contributed by atoms with Gasteiger partial charge < -0.3 is 19.9 Å². The predicted octanol–water partition coefficient (Wildman–Crippen LogP) is 1.07. The lowest BCUT2D eigenvalue weighted by Gasteiger charge is -2.38. The average molecular weight is 477 g/mol. The van der Waals surface area contributed by atoms with Gasteiger partial charge in [-0.2, -0.15) is 4.98 Å². The summed E-state index contributed by atoms with van der Waals surface area (Å²) < 4.78 is 22.0. The molecule has 170 valence electrons. The van der Waals surface area contributed by atoms with Crippen LogP contribution in [0.1, 0.15) is 35.8 Å². The largest absolute Gasteiger partial charge is 0.455 e. The number of rotatable bonds is 5. The number of nitrogens with zero attached hydrogens (tertiary/aromatic N) is 5. The Morgan fingerprint density at radius 1 is 1.25 bits per heavy atom. The van der Waals surface area contributed by atoms with Crippen LogP contribution < -0.4 is 10.2 Å². The van der Waals surface area contributed by atoms with Gasteiger partial charge in [-0.25, -0.2) is 14.2 Å². The Morgan fingerprint density at radius 3 is 2.72 bits per heavy atom. The number of anilines is 2. The summed E-state index contributed by atoms with van der Waals surface area (Å²) in [7, 11) is -1.11.